The van der Waals surface area contributed by atoms with Crippen LogP contribution in [-0.4, -0.2) is 18.7 Å². The predicted molar refractivity (Wildman–Crippen MR) is 112 cm³/mol. The number of carbonyl (C=O) groups excluding carboxylic acids is 1. The fourth-order valence-electron chi connectivity index (χ4n) is 3.47. The van der Waals surface area contributed by atoms with Gasteiger partial charge in [0, 0.05) is 6.42 Å². The molecule has 0 bridgehead atoms. The maximum Gasteiger partial charge on any atom is 0.320 e. The molecule has 1 fully saturated rings. The van der Waals surface area contributed by atoms with Crippen LogP contribution in [0.15, 0.2) is 78.9 Å². The first-order valence-corrected chi connectivity index (χ1v) is 9.98. The van der Waals surface area contributed by atoms with Gasteiger partial charge < -0.3 is 14.2 Å². The van der Waals surface area contributed by atoms with Gasteiger partial charge in [0.2, 0.25) is 0 Å². The van der Waals surface area contributed by atoms with Crippen LogP contribution in [0.3, 0.4) is 0 Å². The van der Waals surface area contributed by atoms with Gasteiger partial charge in [-0.05, 0) is 54.4 Å². The first kappa shape index (κ1) is 20.0. The Morgan fingerprint density at radius 1 is 0.967 bits per heavy atom. The van der Waals surface area contributed by atoms with Crippen molar-refractivity contribution in [3.63, 3.8) is 0 Å². The number of esters is 1. The maximum absolute atomic E-state index is 14.3. The van der Waals surface area contributed by atoms with E-state index in [1.807, 2.05) is 61.5 Å². The van der Waals surface area contributed by atoms with Gasteiger partial charge in [-0.25, -0.2) is 4.39 Å². The SMILES string of the molecule is CCOc1ccc([C@@]2(C(=O)OCc3cccc(Oc4ccccc4)c3)C[C@@H]2F)cc1. The van der Waals surface area contributed by atoms with Crippen molar-refractivity contribution in [1.29, 1.82) is 0 Å². The molecule has 1 saturated carbocycles. The Hall–Kier alpha value is -3.34. The molecule has 4 nitrogen and oxygen atoms in total. The lowest BCUT2D eigenvalue weighted by molar-refractivity contribution is -0.148. The van der Waals surface area contributed by atoms with Gasteiger partial charge in [0.1, 0.15) is 35.4 Å². The number of hydrogen-bond acceptors (Lipinski definition) is 4. The molecule has 0 aromatic heterocycles. The van der Waals surface area contributed by atoms with Crippen LogP contribution in [0, 0.1) is 0 Å². The highest BCUT2D eigenvalue weighted by Crippen LogP contribution is 2.52. The highest BCUT2D eigenvalue weighted by Gasteiger charge is 2.63. The average Bonchev–Trinajstić information content (AvgIpc) is 3.46. The lowest BCUT2D eigenvalue weighted by atomic mass is 9.95. The molecule has 3 aromatic carbocycles. The molecule has 0 spiro atoms. The summed E-state index contributed by atoms with van der Waals surface area (Å²) < 4.78 is 31.0. The van der Waals surface area contributed by atoms with E-state index in [4.69, 9.17) is 14.2 Å². The molecule has 0 radical (unpaired) electrons. The lowest BCUT2D eigenvalue weighted by Crippen LogP contribution is -2.26. The molecule has 1 aliphatic rings. The van der Waals surface area contributed by atoms with Gasteiger partial charge in [0.05, 0.1) is 6.61 Å². The normalized spacial score (nSPS) is 19.7. The standard InChI is InChI=1S/C25H23FO4/c1-2-28-20-13-11-19(12-14-20)25(16-23(25)26)24(27)29-17-18-7-6-10-22(15-18)30-21-8-4-3-5-9-21/h3-15,23H,2,16-17H2,1H3/t23-,25-/m0/s1. The molecule has 0 amide bonds. The smallest absolute Gasteiger partial charge is 0.320 e. The number of para-hydroxylation sites is 1. The fraction of sp³-hybridized carbons (Fsp3) is 0.240. The van der Waals surface area contributed by atoms with Gasteiger partial charge in [0.15, 0.2) is 0 Å². The molecule has 1 aliphatic carbocycles. The number of halogens is 1. The quantitative estimate of drug-likeness (QED) is 0.457. The second-order valence-electron chi connectivity index (χ2n) is 7.24. The van der Waals surface area contributed by atoms with E-state index in [-0.39, 0.29) is 13.0 Å². The van der Waals surface area contributed by atoms with Crippen LogP contribution in [0.5, 0.6) is 17.2 Å². The first-order valence-electron chi connectivity index (χ1n) is 9.98. The van der Waals surface area contributed by atoms with Crippen molar-refractivity contribution in [2.45, 2.75) is 31.5 Å². The first-order chi connectivity index (χ1) is 14.6. The second kappa shape index (κ2) is 8.57. The van der Waals surface area contributed by atoms with E-state index in [0.717, 1.165) is 11.3 Å². The number of hydrogen-bond donors (Lipinski definition) is 0. The molecule has 154 valence electrons. The number of ether oxygens (including phenoxy) is 3. The molecule has 0 heterocycles. The molecule has 0 unspecified atom stereocenters. The maximum atomic E-state index is 14.3. The molecular weight excluding hydrogens is 383 g/mol. The molecule has 30 heavy (non-hydrogen) atoms. The van der Waals surface area contributed by atoms with Gasteiger partial charge in [0.25, 0.3) is 0 Å². The van der Waals surface area contributed by atoms with Crippen molar-refractivity contribution in [3.8, 4) is 17.2 Å². The summed E-state index contributed by atoms with van der Waals surface area (Å²) in [5, 5.41) is 0. The minimum atomic E-state index is -1.24. The summed E-state index contributed by atoms with van der Waals surface area (Å²) in [5.74, 6) is 1.51. The summed E-state index contributed by atoms with van der Waals surface area (Å²) in [6, 6.07) is 23.7. The summed E-state index contributed by atoms with van der Waals surface area (Å²) in [4.78, 5) is 12.8. The third-order valence-electron chi connectivity index (χ3n) is 5.17. The lowest BCUT2D eigenvalue weighted by Gasteiger charge is -2.16. The van der Waals surface area contributed by atoms with Gasteiger partial charge >= 0.3 is 5.97 Å². The molecule has 2 atom stereocenters. The highest BCUT2D eigenvalue weighted by atomic mass is 19.1. The minimum Gasteiger partial charge on any atom is -0.494 e. The molecule has 0 aliphatic heterocycles. The van der Waals surface area contributed by atoms with Crippen molar-refractivity contribution in [3.05, 3.63) is 90.0 Å². The predicted octanol–water partition coefficient (Wildman–Crippen LogP) is 5.60. The third kappa shape index (κ3) is 4.15. The fourth-order valence-corrected chi connectivity index (χ4v) is 3.47. The van der Waals surface area contributed by atoms with E-state index in [0.29, 0.717) is 23.7 Å². The van der Waals surface area contributed by atoms with Crippen LogP contribution < -0.4 is 9.47 Å². The van der Waals surface area contributed by atoms with E-state index < -0.39 is 17.6 Å². The largest absolute Gasteiger partial charge is 0.494 e. The Kier molecular flexibility index (Phi) is 5.70. The Morgan fingerprint density at radius 2 is 1.67 bits per heavy atom. The molecule has 0 saturated heterocycles. The number of benzene rings is 3. The van der Waals surface area contributed by atoms with Crippen molar-refractivity contribution in [1.82, 2.24) is 0 Å². The van der Waals surface area contributed by atoms with Crippen LogP contribution in [0.4, 0.5) is 4.39 Å². The average molecular weight is 406 g/mol. The highest BCUT2D eigenvalue weighted by molar-refractivity contribution is 5.88. The van der Waals surface area contributed by atoms with E-state index in [9.17, 15) is 9.18 Å². The number of carbonyl (C=O) groups is 1. The Morgan fingerprint density at radius 3 is 2.33 bits per heavy atom. The Balaban J connectivity index is 1.42. The van der Waals surface area contributed by atoms with Crippen molar-refractivity contribution >= 4 is 5.97 Å². The number of rotatable bonds is 8. The van der Waals surface area contributed by atoms with Crippen LogP contribution in [0.1, 0.15) is 24.5 Å². The van der Waals surface area contributed by atoms with Crippen molar-refractivity contribution in [2.24, 2.45) is 0 Å². The Labute approximate surface area is 175 Å². The molecule has 5 heteroatoms. The zero-order valence-corrected chi connectivity index (χ0v) is 16.7. The van der Waals surface area contributed by atoms with E-state index in [1.165, 1.54) is 0 Å². The summed E-state index contributed by atoms with van der Waals surface area (Å²) in [6.07, 6.45) is -1.10. The molecule has 0 N–H and O–H groups in total. The van der Waals surface area contributed by atoms with Gasteiger partial charge in [-0.2, -0.15) is 0 Å². The topological polar surface area (TPSA) is 44.8 Å². The van der Waals surface area contributed by atoms with Crippen LogP contribution in [-0.2, 0) is 21.6 Å². The van der Waals surface area contributed by atoms with Crippen molar-refractivity contribution in [2.75, 3.05) is 6.61 Å². The summed E-state index contributed by atoms with van der Waals surface area (Å²) in [6.45, 7) is 2.49. The van der Waals surface area contributed by atoms with Gasteiger partial charge in [-0.15, -0.1) is 0 Å². The molecule has 3 aromatic rings. The van der Waals surface area contributed by atoms with Crippen LogP contribution in [0.2, 0.25) is 0 Å². The Bertz CT molecular complexity index is 1000. The number of alkyl halides is 1. The van der Waals surface area contributed by atoms with E-state index in [2.05, 4.69) is 0 Å². The van der Waals surface area contributed by atoms with Gasteiger partial charge in [-0.3, -0.25) is 4.79 Å². The van der Waals surface area contributed by atoms with E-state index in [1.54, 1.807) is 24.3 Å². The zero-order chi connectivity index (χ0) is 21.0. The zero-order valence-electron chi connectivity index (χ0n) is 16.7. The van der Waals surface area contributed by atoms with E-state index >= 15 is 0 Å². The van der Waals surface area contributed by atoms with Crippen LogP contribution >= 0.6 is 0 Å². The van der Waals surface area contributed by atoms with Gasteiger partial charge in [-0.1, -0.05) is 42.5 Å². The van der Waals surface area contributed by atoms with Crippen molar-refractivity contribution < 1.29 is 23.4 Å². The second-order valence-corrected chi connectivity index (χ2v) is 7.24. The summed E-state index contributed by atoms with van der Waals surface area (Å²) in [7, 11) is 0. The minimum absolute atomic E-state index is 0.0519. The van der Waals surface area contributed by atoms with Crippen LogP contribution in [0.25, 0.3) is 0 Å². The molecule has 4 rings (SSSR count). The third-order valence-corrected chi connectivity index (χ3v) is 5.17. The summed E-state index contributed by atoms with van der Waals surface area (Å²) in [5.41, 5.74) is 0.169. The molecular formula is C25H23FO4. The monoisotopic (exact) mass is 406 g/mol. The summed E-state index contributed by atoms with van der Waals surface area (Å²) >= 11 is 0.